The number of furan rings is 1. The Morgan fingerprint density at radius 1 is 1.18 bits per heavy atom. The monoisotopic (exact) mass is 302 g/mol. The number of esters is 1. The molecule has 0 saturated carbocycles. The van der Waals surface area contributed by atoms with Crippen molar-refractivity contribution >= 4 is 17.6 Å². The van der Waals surface area contributed by atoms with Crippen LogP contribution in [0.2, 0.25) is 0 Å². The summed E-state index contributed by atoms with van der Waals surface area (Å²) in [6, 6.07) is 10.6. The van der Waals surface area contributed by atoms with Crippen LogP contribution in [0.25, 0.3) is 0 Å². The average molecular weight is 302 g/mol. The molecule has 22 heavy (non-hydrogen) atoms. The van der Waals surface area contributed by atoms with E-state index in [1.165, 1.54) is 0 Å². The summed E-state index contributed by atoms with van der Waals surface area (Å²) in [5.41, 5.74) is 0.998. The molecule has 0 aliphatic rings. The molecule has 2 N–H and O–H groups in total. The first-order chi connectivity index (χ1) is 10.7. The number of hydrogen-bond donors (Lipinski definition) is 2. The van der Waals surface area contributed by atoms with Crippen molar-refractivity contribution in [1.29, 1.82) is 0 Å². The van der Waals surface area contributed by atoms with Gasteiger partial charge in [0.15, 0.2) is 6.61 Å². The number of para-hydroxylation sites is 1. The lowest BCUT2D eigenvalue weighted by Crippen LogP contribution is -2.28. The molecular formula is C16H18N2O4. The number of benzene rings is 1. The highest BCUT2D eigenvalue weighted by molar-refractivity contribution is 5.96. The van der Waals surface area contributed by atoms with Crippen LogP contribution < -0.4 is 10.6 Å². The van der Waals surface area contributed by atoms with Crippen LogP contribution in [0, 0.1) is 0 Å². The highest BCUT2D eigenvalue weighted by Gasteiger charge is 2.14. The number of nitrogens with one attached hydrogen (secondary N) is 2. The fourth-order valence-electron chi connectivity index (χ4n) is 1.87. The Balaban J connectivity index is 1.97. The molecule has 2 aromatic rings. The number of carbonyl (C=O) groups excluding carboxylic acids is 2. The van der Waals surface area contributed by atoms with Gasteiger partial charge in [-0.1, -0.05) is 12.1 Å². The fraction of sp³-hybridized carbons (Fsp3) is 0.250. The fourth-order valence-corrected chi connectivity index (χ4v) is 1.87. The molecule has 1 heterocycles. The van der Waals surface area contributed by atoms with Gasteiger partial charge in [-0.2, -0.15) is 0 Å². The molecule has 0 fully saturated rings. The molecule has 0 spiro atoms. The summed E-state index contributed by atoms with van der Waals surface area (Å²) < 4.78 is 10.2. The lowest BCUT2D eigenvalue weighted by atomic mass is 10.2. The van der Waals surface area contributed by atoms with Crippen molar-refractivity contribution in [3.05, 3.63) is 54.0 Å². The van der Waals surface area contributed by atoms with Gasteiger partial charge < -0.3 is 19.8 Å². The predicted molar refractivity (Wildman–Crippen MR) is 81.4 cm³/mol. The topological polar surface area (TPSA) is 80.6 Å². The van der Waals surface area contributed by atoms with Crippen LogP contribution in [-0.2, 0) is 16.1 Å². The van der Waals surface area contributed by atoms with Crippen molar-refractivity contribution in [1.82, 2.24) is 5.32 Å². The maximum absolute atomic E-state index is 12.1. The van der Waals surface area contributed by atoms with E-state index in [0.717, 1.165) is 5.76 Å². The molecule has 0 atom stereocenters. The van der Waals surface area contributed by atoms with Crippen molar-refractivity contribution in [2.24, 2.45) is 0 Å². The number of ether oxygens (including phenoxy) is 1. The lowest BCUT2D eigenvalue weighted by Gasteiger charge is -2.10. The highest BCUT2D eigenvalue weighted by Crippen LogP contribution is 2.17. The van der Waals surface area contributed by atoms with Crippen LogP contribution in [0.3, 0.4) is 0 Å². The first-order valence-corrected chi connectivity index (χ1v) is 6.99. The minimum atomic E-state index is -0.547. The molecular weight excluding hydrogens is 284 g/mol. The van der Waals surface area contributed by atoms with Gasteiger partial charge in [-0.15, -0.1) is 0 Å². The standard InChI is InChI=1S/C16H18N2O4/c1-2-17-15(19)11-22-16(20)13-7-3-4-8-14(13)18-10-12-6-5-9-21-12/h3-9,18H,2,10-11H2,1H3,(H,17,19). The SMILES string of the molecule is CCNC(=O)COC(=O)c1ccccc1NCc1ccco1. The van der Waals surface area contributed by atoms with Crippen LogP contribution in [0.1, 0.15) is 23.0 Å². The second kappa shape index (κ2) is 7.87. The van der Waals surface area contributed by atoms with Crippen molar-refractivity contribution < 1.29 is 18.7 Å². The van der Waals surface area contributed by atoms with Crippen molar-refractivity contribution in [3.63, 3.8) is 0 Å². The van der Waals surface area contributed by atoms with Gasteiger partial charge in [-0.05, 0) is 31.2 Å². The average Bonchev–Trinajstić information content (AvgIpc) is 3.04. The maximum Gasteiger partial charge on any atom is 0.340 e. The smallest absolute Gasteiger partial charge is 0.340 e. The molecule has 6 heteroatoms. The molecule has 0 aliphatic carbocycles. The minimum absolute atomic E-state index is 0.292. The Morgan fingerprint density at radius 3 is 2.73 bits per heavy atom. The summed E-state index contributed by atoms with van der Waals surface area (Å²) in [6.07, 6.45) is 1.59. The van der Waals surface area contributed by atoms with Gasteiger partial charge >= 0.3 is 5.97 Å². The summed E-state index contributed by atoms with van der Waals surface area (Å²) in [6.45, 7) is 2.46. The number of rotatable bonds is 7. The Labute approximate surface area is 128 Å². The van der Waals surface area contributed by atoms with Gasteiger partial charge in [-0.3, -0.25) is 4.79 Å². The van der Waals surface area contributed by atoms with Crippen molar-refractivity contribution in [2.45, 2.75) is 13.5 Å². The van der Waals surface area contributed by atoms with Gasteiger partial charge in [0, 0.05) is 12.2 Å². The first-order valence-electron chi connectivity index (χ1n) is 6.99. The van der Waals surface area contributed by atoms with Crippen LogP contribution in [0.4, 0.5) is 5.69 Å². The molecule has 0 saturated heterocycles. The van der Waals surface area contributed by atoms with E-state index in [2.05, 4.69) is 10.6 Å². The van der Waals surface area contributed by atoms with E-state index >= 15 is 0 Å². The molecule has 0 unspecified atom stereocenters. The van der Waals surface area contributed by atoms with Crippen molar-refractivity contribution in [2.75, 3.05) is 18.5 Å². The van der Waals surface area contributed by atoms with Crippen molar-refractivity contribution in [3.8, 4) is 0 Å². The van der Waals surface area contributed by atoms with E-state index in [-0.39, 0.29) is 12.5 Å². The molecule has 0 aliphatic heterocycles. The second-order valence-corrected chi connectivity index (χ2v) is 4.51. The zero-order valence-corrected chi connectivity index (χ0v) is 12.3. The van der Waals surface area contributed by atoms with Gasteiger partial charge in [0.1, 0.15) is 5.76 Å². The summed E-state index contributed by atoms with van der Waals surface area (Å²) >= 11 is 0. The largest absolute Gasteiger partial charge is 0.467 e. The Bertz CT molecular complexity index is 623. The quantitative estimate of drug-likeness (QED) is 0.766. The molecule has 1 aromatic carbocycles. The van der Waals surface area contributed by atoms with Gasteiger partial charge in [0.05, 0.1) is 18.4 Å². The van der Waals surface area contributed by atoms with E-state index in [0.29, 0.717) is 24.3 Å². The van der Waals surface area contributed by atoms with Crippen LogP contribution in [0.15, 0.2) is 47.1 Å². The van der Waals surface area contributed by atoms with Gasteiger partial charge in [0.2, 0.25) is 0 Å². The number of hydrogen-bond acceptors (Lipinski definition) is 5. The molecule has 0 bridgehead atoms. The highest BCUT2D eigenvalue weighted by atomic mass is 16.5. The second-order valence-electron chi connectivity index (χ2n) is 4.51. The van der Waals surface area contributed by atoms with E-state index in [4.69, 9.17) is 9.15 Å². The van der Waals surface area contributed by atoms with Gasteiger partial charge in [0.25, 0.3) is 5.91 Å². The summed E-state index contributed by atoms with van der Waals surface area (Å²) in [4.78, 5) is 23.4. The first kappa shape index (κ1) is 15.6. The minimum Gasteiger partial charge on any atom is -0.467 e. The normalized spacial score (nSPS) is 10.0. The van der Waals surface area contributed by atoms with E-state index < -0.39 is 5.97 Å². The number of anilines is 1. The lowest BCUT2D eigenvalue weighted by molar-refractivity contribution is -0.124. The summed E-state index contributed by atoms with van der Waals surface area (Å²) in [7, 11) is 0. The zero-order chi connectivity index (χ0) is 15.8. The Kier molecular flexibility index (Phi) is 5.59. The summed E-state index contributed by atoms with van der Waals surface area (Å²) in [5.74, 6) is -0.115. The predicted octanol–water partition coefficient (Wildman–Crippen LogP) is 2.18. The van der Waals surface area contributed by atoms with E-state index in [1.807, 2.05) is 12.1 Å². The van der Waals surface area contributed by atoms with E-state index in [1.54, 1.807) is 37.5 Å². The third kappa shape index (κ3) is 4.37. The Hall–Kier alpha value is -2.76. The van der Waals surface area contributed by atoms with Crippen LogP contribution >= 0.6 is 0 Å². The Morgan fingerprint density at radius 2 is 2.00 bits per heavy atom. The van der Waals surface area contributed by atoms with Crippen LogP contribution in [0.5, 0.6) is 0 Å². The van der Waals surface area contributed by atoms with Gasteiger partial charge in [-0.25, -0.2) is 4.79 Å². The molecule has 1 amide bonds. The third-order valence-electron chi connectivity index (χ3n) is 2.89. The molecule has 116 valence electrons. The molecule has 0 radical (unpaired) electrons. The number of amides is 1. The number of carbonyl (C=O) groups is 2. The third-order valence-corrected chi connectivity index (χ3v) is 2.89. The zero-order valence-electron chi connectivity index (χ0n) is 12.3. The molecule has 2 rings (SSSR count). The molecule has 6 nitrogen and oxygen atoms in total. The summed E-state index contributed by atoms with van der Waals surface area (Å²) in [5, 5.41) is 5.68. The van der Waals surface area contributed by atoms with E-state index in [9.17, 15) is 9.59 Å². The number of likely N-dealkylation sites (N-methyl/N-ethyl adjacent to an activating group) is 1. The van der Waals surface area contributed by atoms with Crippen LogP contribution in [-0.4, -0.2) is 25.0 Å². The maximum atomic E-state index is 12.1. The molecule has 1 aromatic heterocycles.